The second-order valence-electron chi connectivity index (χ2n) is 6.85. The van der Waals surface area contributed by atoms with Gasteiger partial charge in [-0.3, -0.25) is 0 Å². The average molecular weight is 432 g/mol. The molecule has 2 rings (SSSR count). The molecule has 0 fully saturated rings. The number of nitrogens with zero attached hydrogens (tertiary/aromatic N) is 2. The van der Waals surface area contributed by atoms with Gasteiger partial charge < -0.3 is 25.3 Å². The number of aromatic nitrogens is 2. The first-order chi connectivity index (χ1) is 12.8. The molecule has 1 aromatic carbocycles. The van der Waals surface area contributed by atoms with Gasteiger partial charge in [0.15, 0.2) is 5.82 Å². The van der Waals surface area contributed by atoms with Crippen LogP contribution in [-0.4, -0.2) is 46.7 Å². The summed E-state index contributed by atoms with van der Waals surface area (Å²) in [5.74, 6) is 6.65. The zero-order valence-electron chi connectivity index (χ0n) is 16.1. The largest absolute Gasteiger partial charge is 0.489 e. The number of aliphatic hydroxyl groups is 1. The Morgan fingerprint density at radius 3 is 2.61 bits per heavy atom. The van der Waals surface area contributed by atoms with Crippen molar-refractivity contribution in [3.05, 3.63) is 40.9 Å². The van der Waals surface area contributed by atoms with E-state index >= 15 is 0 Å². The van der Waals surface area contributed by atoms with Gasteiger partial charge in [0.1, 0.15) is 25.1 Å². The maximum atomic E-state index is 10.2. The van der Waals surface area contributed by atoms with Crippen molar-refractivity contribution >= 4 is 29.8 Å². The summed E-state index contributed by atoms with van der Waals surface area (Å²) in [6, 6.07) is 8.86. The molecule has 1 aromatic heterocycles. The van der Waals surface area contributed by atoms with Crippen molar-refractivity contribution < 1.29 is 14.6 Å². The number of hydrogen-bond donors (Lipinski definition) is 4. The van der Waals surface area contributed by atoms with E-state index in [1.54, 1.807) is 18.2 Å². The van der Waals surface area contributed by atoms with Gasteiger partial charge in [0.2, 0.25) is 5.88 Å². The fourth-order valence-electron chi connectivity index (χ4n) is 2.14. The van der Waals surface area contributed by atoms with Crippen LogP contribution in [0.5, 0.6) is 11.6 Å². The van der Waals surface area contributed by atoms with Crippen LogP contribution in [0.2, 0.25) is 5.02 Å². The van der Waals surface area contributed by atoms with Crippen LogP contribution in [0.15, 0.2) is 30.3 Å². The van der Waals surface area contributed by atoms with Crippen LogP contribution in [-0.2, 0) is 0 Å². The zero-order valence-corrected chi connectivity index (χ0v) is 17.7. The summed E-state index contributed by atoms with van der Waals surface area (Å²) in [5.41, 5.74) is 3.05. The molecule has 5 N–H and O–H groups in total. The van der Waals surface area contributed by atoms with E-state index in [1.807, 2.05) is 32.9 Å². The van der Waals surface area contributed by atoms with Crippen LogP contribution in [0.3, 0.4) is 0 Å². The highest BCUT2D eigenvalue weighted by atomic mass is 35.5. The standard InChI is InChI=1S/C18H26ClN5O3.ClH/c1-12-4-5-14(19)15(8-12)26-10-13(25)9-21-18(2,3)11-27-17-7-6-16(22-20)23-24-17;/h4-8,13,21,25H,9-11,20H2,1-3H3,(H,22,23);1H. The molecule has 0 saturated carbocycles. The van der Waals surface area contributed by atoms with Crippen LogP contribution >= 0.6 is 24.0 Å². The normalized spacial score (nSPS) is 12.1. The third-order valence-corrected chi connectivity index (χ3v) is 4.02. The molecule has 0 bridgehead atoms. The lowest BCUT2D eigenvalue weighted by molar-refractivity contribution is 0.0923. The molecular weight excluding hydrogens is 405 g/mol. The van der Waals surface area contributed by atoms with Gasteiger partial charge in [0, 0.05) is 18.2 Å². The number of hydrazine groups is 1. The summed E-state index contributed by atoms with van der Waals surface area (Å²) in [6.45, 7) is 6.68. The molecule has 0 saturated heterocycles. The summed E-state index contributed by atoms with van der Waals surface area (Å²) < 4.78 is 11.2. The van der Waals surface area contributed by atoms with E-state index in [2.05, 4.69) is 20.9 Å². The topological polar surface area (TPSA) is 115 Å². The predicted octanol–water partition coefficient (Wildman–Crippen LogP) is 2.33. The lowest BCUT2D eigenvalue weighted by atomic mass is 10.1. The second kappa shape index (κ2) is 11.2. The summed E-state index contributed by atoms with van der Waals surface area (Å²) in [7, 11) is 0. The predicted molar refractivity (Wildman–Crippen MR) is 112 cm³/mol. The number of aliphatic hydroxyl groups excluding tert-OH is 1. The number of aryl methyl sites for hydroxylation is 1. The minimum atomic E-state index is -0.699. The zero-order chi connectivity index (χ0) is 19.9. The van der Waals surface area contributed by atoms with E-state index in [-0.39, 0.29) is 19.0 Å². The fourth-order valence-corrected chi connectivity index (χ4v) is 2.31. The molecule has 8 nitrogen and oxygen atoms in total. The van der Waals surface area contributed by atoms with Crippen LogP contribution in [0.4, 0.5) is 5.82 Å². The maximum absolute atomic E-state index is 10.2. The molecule has 156 valence electrons. The Kier molecular flexibility index (Phi) is 9.71. The number of ether oxygens (including phenoxy) is 2. The Morgan fingerprint density at radius 2 is 1.96 bits per heavy atom. The first-order valence-corrected chi connectivity index (χ1v) is 8.92. The van der Waals surface area contributed by atoms with Gasteiger partial charge in [-0.2, -0.15) is 0 Å². The number of β-amino-alcohol motifs (C(OH)–C–C–N with tert-alkyl or cyclic N) is 1. The van der Waals surface area contributed by atoms with Crippen LogP contribution in [0.25, 0.3) is 0 Å². The Balaban J connectivity index is 0.00000392. The maximum Gasteiger partial charge on any atom is 0.233 e. The van der Waals surface area contributed by atoms with Crippen molar-refractivity contribution in [2.24, 2.45) is 5.84 Å². The molecule has 28 heavy (non-hydrogen) atoms. The minimum Gasteiger partial charge on any atom is -0.489 e. The molecule has 1 unspecified atom stereocenters. The molecule has 2 aromatic rings. The van der Waals surface area contributed by atoms with Gasteiger partial charge in [0.05, 0.1) is 5.02 Å². The summed E-state index contributed by atoms with van der Waals surface area (Å²) in [4.78, 5) is 0. The molecule has 0 aliphatic carbocycles. The molecule has 0 radical (unpaired) electrons. The van der Waals surface area contributed by atoms with Gasteiger partial charge >= 0.3 is 0 Å². The number of nitrogen functional groups attached to an aromatic ring is 1. The Bertz CT molecular complexity index is 732. The van der Waals surface area contributed by atoms with Crippen LogP contribution in [0.1, 0.15) is 19.4 Å². The van der Waals surface area contributed by atoms with E-state index in [0.29, 0.717) is 35.6 Å². The Hall–Kier alpha value is -1.84. The van der Waals surface area contributed by atoms with Crippen molar-refractivity contribution in [1.82, 2.24) is 15.5 Å². The molecule has 0 amide bonds. The van der Waals surface area contributed by atoms with Crippen molar-refractivity contribution in [2.45, 2.75) is 32.4 Å². The van der Waals surface area contributed by atoms with E-state index in [1.165, 1.54) is 0 Å². The van der Waals surface area contributed by atoms with Crippen LogP contribution in [0, 0.1) is 6.92 Å². The number of benzene rings is 1. The summed E-state index contributed by atoms with van der Waals surface area (Å²) >= 11 is 6.09. The molecule has 1 atom stereocenters. The summed E-state index contributed by atoms with van der Waals surface area (Å²) in [6.07, 6.45) is -0.699. The van der Waals surface area contributed by atoms with Crippen molar-refractivity contribution in [2.75, 3.05) is 25.2 Å². The number of halogens is 2. The van der Waals surface area contributed by atoms with Crippen molar-refractivity contribution in [3.63, 3.8) is 0 Å². The van der Waals surface area contributed by atoms with Gasteiger partial charge in [0.25, 0.3) is 0 Å². The Labute approximate surface area is 176 Å². The van der Waals surface area contributed by atoms with Gasteiger partial charge in [-0.25, -0.2) is 5.84 Å². The lowest BCUT2D eigenvalue weighted by Crippen LogP contribution is -2.48. The molecular formula is C18H27Cl2N5O3. The first-order valence-electron chi connectivity index (χ1n) is 8.54. The number of rotatable bonds is 10. The van der Waals surface area contributed by atoms with Gasteiger partial charge in [-0.1, -0.05) is 17.7 Å². The van der Waals surface area contributed by atoms with E-state index in [4.69, 9.17) is 26.9 Å². The second-order valence-corrected chi connectivity index (χ2v) is 7.26. The third kappa shape index (κ3) is 8.04. The van der Waals surface area contributed by atoms with E-state index in [9.17, 15) is 5.11 Å². The monoisotopic (exact) mass is 431 g/mol. The van der Waals surface area contributed by atoms with Crippen molar-refractivity contribution in [1.29, 1.82) is 0 Å². The number of hydrogen-bond acceptors (Lipinski definition) is 8. The molecule has 0 aliphatic heterocycles. The first kappa shape index (κ1) is 24.2. The minimum absolute atomic E-state index is 0. The average Bonchev–Trinajstić information content (AvgIpc) is 2.66. The van der Waals surface area contributed by atoms with Crippen LogP contribution < -0.4 is 26.1 Å². The summed E-state index contributed by atoms with van der Waals surface area (Å²) in [5, 5.41) is 21.7. The highest BCUT2D eigenvalue weighted by Gasteiger charge is 2.20. The Morgan fingerprint density at radius 1 is 1.21 bits per heavy atom. The van der Waals surface area contributed by atoms with E-state index in [0.717, 1.165) is 5.56 Å². The number of nitrogens with two attached hydrogens (primary N) is 1. The SMILES string of the molecule is Cc1ccc(Cl)c(OCC(O)CNC(C)(C)COc2ccc(NN)nn2)c1.Cl. The third-order valence-electron chi connectivity index (χ3n) is 3.70. The highest BCUT2D eigenvalue weighted by molar-refractivity contribution is 6.32. The van der Waals surface area contributed by atoms with E-state index < -0.39 is 11.6 Å². The van der Waals surface area contributed by atoms with Gasteiger partial charge in [-0.15, -0.1) is 22.6 Å². The highest BCUT2D eigenvalue weighted by Crippen LogP contribution is 2.25. The van der Waals surface area contributed by atoms with Gasteiger partial charge in [-0.05, 0) is 44.5 Å². The molecule has 0 spiro atoms. The number of nitrogens with one attached hydrogen (secondary N) is 2. The number of anilines is 1. The van der Waals surface area contributed by atoms with Crippen molar-refractivity contribution in [3.8, 4) is 11.6 Å². The quantitative estimate of drug-likeness (QED) is 0.334. The molecule has 1 heterocycles. The molecule has 0 aliphatic rings. The fraction of sp³-hybridized carbons (Fsp3) is 0.444. The molecule has 10 heteroatoms. The lowest BCUT2D eigenvalue weighted by Gasteiger charge is -2.27. The smallest absolute Gasteiger partial charge is 0.233 e.